The molecule has 0 spiro atoms. The van der Waals surface area contributed by atoms with E-state index < -0.39 is 0 Å². The predicted molar refractivity (Wildman–Crippen MR) is 57.9 cm³/mol. The highest BCUT2D eigenvalue weighted by Gasteiger charge is 2.11. The van der Waals surface area contributed by atoms with Gasteiger partial charge in [-0.25, -0.2) is 0 Å². The molecule has 0 bridgehead atoms. The highest BCUT2D eigenvalue weighted by Crippen LogP contribution is 2.08. The van der Waals surface area contributed by atoms with Gasteiger partial charge in [0.05, 0.1) is 12.5 Å². The van der Waals surface area contributed by atoms with Gasteiger partial charge in [0.25, 0.3) is 0 Å². The van der Waals surface area contributed by atoms with E-state index >= 15 is 0 Å². The molecule has 0 atom stereocenters. The number of furan rings is 1. The Kier molecular flexibility index (Phi) is 3.72. The number of nitrogens with two attached hydrogens (primary N) is 1. The fourth-order valence-electron chi connectivity index (χ4n) is 1.25. The zero-order chi connectivity index (χ0) is 10.6. The number of rotatable bonds is 5. The lowest BCUT2D eigenvalue weighted by Gasteiger charge is -2.23. The summed E-state index contributed by atoms with van der Waals surface area (Å²) in [6.45, 7) is 6.04. The van der Waals surface area contributed by atoms with Gasteiger partial charge >= 0.3 is 0 Å². The van der Waals surface area contributed by atoms with Crippen molar-refractivity contribution in [2.45, 2.75) is 32.4 Å². The van der Waals surface area contributed by atoms with Crippen LogP contribution in [0.15, 0.2) is 23.0 Å². The maximum Gasteiger partial charge on any atom is 0.0947 e. The van der Waals surface area contributed by atoms with Gasteiger partial charge in [-0.15, -0.1) is 0 Å². The molecule has 0 aliphatic carbocycles. The molecule has 0 amide bonds. The van der Waals surface area contributed by atoms with E-state index in [2.05, 4.69) is 25.8 Å². The number of nitrogens with zero attached hydrogens (tertiary/aromatic N) is 1. The van der Waals surface area contributed by atoms with Crippen LogP contribution in [0.3, 0.4) is 0 Å². The largest absolute Gasteiger partial charge is 0.472 e. The standard InChI is InChI=1S/C11H20N2O/c1-11(2,12)5-6-13(3)8-10-4-7-14-9-10/h4,7,9H,5-6,8,12H2,1-3H3. The second-order valence-corrected chi connectivity index (χ2v) is 4.61. The van der Waals surface area contributed by atoms with Crippen LogP contribution in [0.25, 0.3) is 0 Å². The van der Waals surface area contributed by atoms with Crippen molar-refractivity contribution in [3.63, 3.8) is 0 Å². The van der Waals surface area contributed by atoms with E-state index in [0.29, 0.717) is 0 Å². The van der Waals surface area contributed by atoms with Gasteiger partial charge in [0.15, 0.2) is 0 Å². The second-order valence-electron chi connectivity index (χ2n) is 4.61. The summed E-state index contributed by atoms with van der Waals surface area (Å²) >= 11 is 0. The molecule has 0 saturated carbocycles. The van der Waals surface area contributed by atoms with E-state index in [0.717, 1.165) is 19.5 Å². The van der Waals surface area contributed by atoms with Crippen LogP contribution in [0.5, 0.6) is 0 Å². The van der Waals surface area contributed by atoms with E-state index in [1.807, 2.05) is 6.07 Å². The molecule has 1 heterocycles. The normalized spacial score (nSPS) is 12.4. The number of hydrogen-bond donors (Lipinski definition) is 1. The average Bonchev–Trinajstić information content (AvgIpc) is 2.52. The van der Waals surface area contributed by atoms with Crippen LogP contribution < -0.4 is 5.73 Å². The molecule has 3 nitrogen and oxygen atoms in total. The molecule has 0 saturated heterocycles. The Balaban J connectivity index is 2.26. The summed E-state index contributed by atoms with van der Waals surface area (Å²) in [5.41, 5.74) is 7.04. The van der Waals surface area contributed by atoms with Crippen molar-refractivity contribution >= 4 is 0 Å². The fraction of sp³-hybridized carbons (Fsp3) is 0.636. The molecule has 1 aromatic rings. The Morgan fingerprint density at radius 2 is 2.21 bits per heavy atom. The minimum absolute atomic E-state index is 0.0787. The molecule has 1 rings (SSSR count). The first-order valence-corrected chi connectivity index (χ1v) is 4.96. The summed E-state index contributed by atoms with van der Waals surface area (Å²) in [6.07, 6.45) is 4.49. The first-order chi connectivity index (χ1) is 6.47. The van der Waals surface area contributed by atoms with Gasteiger partial charge in [0.2, 0.25) is 0 Å². The van der Waals surface area contributed by atoms with Crippen LogP contribution in [-0.2, 0) is 6.54 Å². The monoisotopic (exact) mass is 196 g/mol. The summed E-state index contributed by atoms with van der Waals surface area (Å²) < 4.78 is 5.01. The Labute approximate surface area is 85.9 Å². The van der Waals surface area contributed by atoms with Crippen molar-refractivity contribution in [1.82, 2.24) is 4.90 Å². The molecule has 3 heteroatoms. The van der Waals surface area contributed by atoms with Gasteiger partial charge in [0, 0.05) is 17.6 Å². The van der Waals surface area contributed by atoms with E-state index in [1.165, 1.54) is 5.56 Å². The average molecular weight is 196 g/mol. The van der Waals surface area contributed by atoms with Crippen molar-refractivity contribution in [3.8, 4) is 0 Å². The van der Waals surface area contributed by atoms with Gasteiger partial charge in [-0.3, -0.25) is 0 Å². The maximum absolute atomic E-state index is 5.91. The lowest BCUT2D eigenvalue weighted by Crippen LogP contribution is -2.36. The minimum atomic E-state index is -0.0787. The maximum atomic E-state index is 5.91. The zero-order valence-electron chi connectivity index (χ0n) is 9.29. The van der Waals surface area contributed by atoms with Crippen molar-refractivity contribution in [2.24, 2.45) is 5.73 Å². The molecule has 0 aliphatic rings. The number of hydrogen-bond acceptors (Lipinski definition) is 3. The van der Waals surface area contributed by atoms with Gasteiger partial charge in [-0.05, 0) is 39.9 Å². The van der Waals surface area contributed by atoms with Crippen molar-refractivity contribution in [1.29, 1.82) is 0 Å². The van der Waals surface area contributed by atoms with Crippen molar-refractivity contribution < 1.29 is 4.42 Å². The van der Waals surface area contributed by atoms with Gasteiger partial charge in [-0.1, -0.05) is 0 Å². The first-order valence-electron chi connectivity index (χ1n) is 4.96. The Bertz CT molecular complexity index is 249. The molecule has 0 fully saturated rings. The third-order valence-corrected chi connectivity index (χ3v) is 2.17. The molecule has 80 valence electrons. The van der Waals surface area contributed by atoms with Crippen LogP contribution in [0.1, 0.15) is 25.8 Å². The van der Waals surface area contributed by atoms with E-state index in [4.69, 9.17) is 10.2 Å². The third kappa shape index (κ3) is 4.44. The summed E-state index contributed by atoms with van der Waals surface area (Å²) in [4.78, 5) is 2.25. The fourth-order valence-corrected chi connectivity index (χ4v) is 1.25. The molecule has 0 unspecified atom stereocenters. The zero-order valence-corrected chi connectivity index (χ0v) is 9.29. The highest BCUT2D eigenvalue weighted by atomic mass is 16.3. The van der Waals surface area contributed by atoms with Crippen LogP contribution in [-0.4, -0.2) is 24.0 Å². The third-order valence-electron chi connectivity index (χ3n) is 2.17. The molecule has 0 radical (unpaired) electrons. The van der Waals surface area contributed by atoms with Crippen LogP contribution in [0.2, 0.25) is 0 Å². The summed E-state index contributed by atoms with van der Waals surface area (Å²) in [5.74, 6) is 0. The molecular weight excluding hydrogens is 176 g/mol. The smallest absolute Gasteiger partial charge is 0.0947 e. The van der Waals surface area contributed by atoms with Crippen LogP contribution >= 0.6 is 0 Å². The summed E-state index contributed by atoms with van der Waals surface area (Å²) in [5, 5.41) is 0. The van der Waals surface area contributed by atoms with Crippen LogP contribution in [0.4, 0.5) is 0 Å². The molecule has 0 aromatic carbocycles. The summed E-state index contributed by atoms with van der Waals surface area (Å²) in [6, 6.07) is 1.99. The topological polar surface area (TPSA) is 42.4 Å². The summed E-state index contributed by atoms with van der Waals surface area (Å²) in [7, 11) is 2.10. The molecule has 1 aromatic heterocycles. The van der Waals surface area contributed by atoms with E-state index in [9.17, 15) is 0 Å². The van der Waals surface area contributed by atoms with Gasteiger partial charge < -0.3 is 15.1 Å². The first kappa shape index (κ1) is 11.3. The Hall–Kier alpha value is -0.800. The lowest BCUT2D eigenvalue weighted by molar-refractivity contribution is 0.288. The van der Waals surface area contributed by atoms with E-state index in [1.54, 1.807) is 12.5 Å². The van der Waals surface area contributed by atoms with Gasteiger partial charge in [0.1, 0.15) is 0 Å². The van der Waals surface area contributed by atoms with Crippen LogP contribution in [0, 0.1) is 0 Å². The Morgan fingerprint density at radius 1 is 1.50 bits per heavy atom. The Morgan fingerprint density at radius 3 is 2.71 bits per heavy atom. The quantitative estimate of drug-likeness (QED) is 0.781. The van der Waals surface area contributed by atoms with E-state index in [-0.39, 0.29) is 5.54 Å². The molecule has 2 N–H and O–H groups in total. The van der Waals surface area contributed by atoms with Crippen molar-refractivity contribution in [2.75, 3.05) is 13.6 Å². The predicted octanol–water partition coefficient (Wildman–Crippen LogP) is 1.84. The second kappa shape index (κ2) is 4.62. The molecular formula is C11H20N2O. The van der Waals surface area contributed by atoms with Gasteiger partial charge in [-0.2, -0.15) is 0 Å². The molecule has 14 heavy (non-hydrogen) atoms. The lowest BCUT2D eigenvalue weighted by atomic mass is 10.0. The van der Waals surface area contributed by atoms with Crippen molar-refractivity contribution in [3.05, 3.63) is 24.2 Å². The molecule has 0 aliphatic heterocycles. The SMILES string of the molecule is CN(CCC(C)(C)N)Cc1ccoc1. The highest BCUT2D eigenvalue weighted by molar-refractivity contribution is 5.04. The minimum Gasteiger partial charge on any atom is -0.472 e.